The van der Waals surface area contributed by atoms with Gasteiger partial charge in [0.05, 0.1) is 6.61 Å². The van der Waals surface area contributed by atoms with Crippen molar-refractivity contribution in [3.05, 3.63) is 23.8 Å². The number of fused-ring (bicyclic) bond motifs is 1. The van der Waals surface area contributed by atoms with Crippen LogP contribution in [-0.4, -0.2) is 30.0 Å². The van der Waals surface area contributed by atoms with E-state index in [-0.39, 0.29) is 11.7 Å². The van der Waals surface area contributed by atoms with E-state index in [4.69, 9.17) is 9.47 Å². The van der Waals surface area contributed by atoms with Crippen LogP contribution in [0.5, 0.6) is 11.5 Å². The molecule has 1 aliphatic rings. The molecule has 20 heavy (non-hydrogen) atoms. The maximum atomic E-state index is 11.6. The van der Waals surface area contributed by atoms with Gasteiger partial charge in [-0.1, -0.05) is 0 Å². The molecular weight excluding hydrogens is 258 g/mol. The van der Waals surface area contributed by atoms with Gasteiger partial charge in [0, 0.05) is 12.5 Å². The first kappa shape index (κ1) is 14.5. The van der Waals surface area contributed by atoms with Gasteiger partial charge in [-0.05, 0) is 51.0 Å². The zero-order chi connectivity index (χ0) is 14.8. The Balaban J connectivity index is 1.86. The number of amides is 1. The quantitative estimate of drug-likeness (QED) is 0.872. The molecule has 0 aromatic heterocycles. The largest absolute Gasteiger partial charge is 0.508 e. The number of alkyl carbamates (subject to hydrolysis) is 1. The number of hydrogen-bond acceptors (Lipinski definition) is 4. The summed E-state index contributed by atoms with van der Waals surface area (Å²) in [7, 11) is 0. The van der Waals surface area contributed by atoms with Crippen molar-refractivity contribution in [2.75, 3.05) is 13.2 Å². The molecule has 0 radical (unpaired) electrons. The Morgan fingerprint density at radius 2 is 2.25 bits per heavy atom. The van der Waals surface area contributed by atoms with E-state index in [1.165, 1.54) is 0 Å². The molecule has 5 nitrogen and oxygen atoms in total. The van der Waals surface area contributed by atoms with Crippen LogP contribution >= 0.6 is 0 Å². The molecule has 0 saturated carbocycles. The number of phenols is 1. The Morgan fingerprint density at radius 3 is 2.95 bits per heavy atom. The fourth-order valence-corrected chi connectivity index (χ4v) is 2.12. The van der Waals surface area contributed by atoms with E-state index in [0.29, 0.717) is 13.2 Å². The molecule has 1 amide bonds. The maximum Gasteiger partial charge on any atom is 0.407 e. The molecule has 1 aromatic carbocycles. The fourth-order valence-electron chi connectivity index (χ4n) is 2.12. The van der Waals surface area contributed by atoms with E-state index in [9.17, 15) is 9.90 Å². The molecule has 5 heteroatoms. The fraction of sp³-hybridized carbons (Fsp3) is 0.533. The summed E-state index contributed by atoms with van der Waals surface area (Å²) in [6.07, 6.45) is 0.346. The van der Waals surface area contributed by atoms with Gasteiger partial charge in [0.15, 0.2) is 0 Å². The summed E-state index contributed by atoms with van der Waals surface area (Å²) < 4.78 is 10.8. The molecule has 0 fully saturated rings. The molecule has 0 saturated heterocycles. The van der Waals surface area contributed by atoms with Gasteiger partial charge < -0.3 is 19.9 Å². The number of ether oxygens (including phenoxy) is 2. The first-order valence-corrected chi connectivity index (χ1v) is 6.75. The second kappa shape index (κ2) is 5.61. The second-order valence-corrected chi connectivity index (χ2v) is 6.06. The summed E-state index contributed by atoms with van der Waals surface area (Å²) in [6, 6.07) is 5.08. The van der Waals surface area contributed by atoms with Crippen LogP contribution in [-0.2, 0) is 11.2 Å². The first-order valence-electron chi connectivity index (χ1n) is 6.75. The SMILES string of the molecule is CC(C)(C)OC(=O)NCC1COc2ccc(O)cc2C1. The highest BCUT2D eigenvalue weighted by Crippen LogP contribution is 2.29. The smallest absolute Gasteiger partial charge is 0.407 e. The molecule has 1 unspecified atom stereocenters. The molecule has 1 aliphatic heterocycles. The minimum absolute atomic E-state index is 0.178. The number of aromatic hydroxyl groups is 1. The third-order valence-electron chi connectivity index (χ3n) is 2.96. The molecule has 2 rings (SSSR count). The predicted octanol–water partition coefficient (Wildman–Crippen LogP) is 2.47. The summed E-state index contributed by atoms with van der Waals surface area (Å²) in [5.74, 6) is 1.21. The first-order chi connectivity index (χ1) is 9.33. The predicted molar refractivity (Wildman–Crippen MR) is 75.0 cm³/mol. The average Bonchev–Trinajstić information content (AvgIpc) is 2.33. The Hall–Kier alpha value is -1.91. The van der Waals surface area contributed by atoms with Gasteiger partial charge in [-0.25, -0.2) is 4.79 Å². The molecule has 0 aliphatic carbocycles. The Morgan fingerprint density at radius 1 is 1.50 bits per heavy atom. The molecule has 1 heterocycles. The highest BCUT2D eigenvalue weighted by atomic mass is 16.6. The molecule has 2 N–H and O–H groups in total. The van der Waals surface area contributed by atoms with Crippen LogP contribution in [0.3, 0.4) is 0 Å². The third kappa shape index (κ3) is 4.05. The standard InChI is InChI=1S/C15H21NO4/c1-15(2,3)20-14(18)16-8-10-6-11-7-12(17)4-5-13(11)19-9-10/h4-5,7,10,17H,6,8-9H2,1-3H3,(H,16,18). The van der Waals surface area contributed by atoms with E-state index >= 15 is 0 Å². The van der Waals surface area contributed by atoms with Crippen LogP contribution in [0.25, 0.3) is 0 Å². The van der Waals surface area contributed by atoms with Crippen LogP contribution in [0.15, 0.2) is 18.2 Å². The van der Waals surface area contributed by atoms with Crippen molar-refractivity contribution in [3.63, 3.8) is 0 Å². The summed E-state index contributed by atoms with van der Waals surface area (Å²) in [5.41, 5.74) is 0.471. The lowest BCUT2D eigenvalue weighted by molar-refractivity contribution is 0.0511. The summed E-state index contributed by atoms with van der Waals surface area (Å²) in [5, 5.41) is 12.2. The molecule has 1 aromatic rings. The van der Waals surface area contributed by atoms with Crippen molar-refractivity contribution in [2.45, 2.75) is 32.8 Å². The van der Waals surface area contributed by atoms with Gasteiger partial charge in [-0.15, -0.1) is 0 Å². The normalized spacial score (nSPS) is 17.9. The number of phenolic OH excluding ortho intramolecular Hbond substituents is 1. The second-order valence-electron chi connectivity index (χ2n) is 6.06. The van der Waals surface area contributed by atoms with E-state index in [1.54, 1.807) is 18.2 Å². The lowest BCUT2D eigenvalue weighted by atomic mass is 9.96. The molecule has 110 valence electrons. The van der Waals surface area contributed by atoms with Crippen LogP contribution in [0, 0.1) is 5.92 Å². The van der Waals surface area contributed by atoms with Gasteiger partial charge >= 0.3 is 6.09 Å². The van der Waals surface area contributed by atoms with E-state index < -0.39 is 11.7 Å². The van der Waals surface area contributed by atoms with Crippen molar-refractivity contribution < 1.29 is 19.4 Å². The van der Waals surface area contributed by atoms with Crippen LogP contribution in [0.1, 0.15) is 26.3 Å². The van der Waals surface area contributed by atoms with E-state index in [1.807, 2.05) is 20.8 Å². The monoisotopic (exact) mass is 279 g/mol. The summed E-state index contributed by atoms with van der Waals surface area (Å²) in [6.45, 7) is 6.53. The van der Waals surface area contributed by atoms with Crippen molar-refractivity contribution >= 4 is 6.09 Å². The minimum Gasteiger partial charge on any atom is -0.508 e. The van der Waals surface area contributed by atoms with Gasteiger partial charge in [-0.2, -0.15) is 0 Å². The topological polar surface area (TPSA) is 67.8 Å². The lowest BCUT2D eigenvalue weighted by Gasteiger charge is -2.26. The van der Waals surface area contributed by atoms with Gasteiger partial charge in [0.25, 0.3) is 0 Å². The maximum absolute atomic E-state index is 11.6. The lowest BCUT2D eigenvalue weighted by Crippen LogP contribution is -2.38. The van der Waals surface area contributed by atoms with Crippen molar-refractivity contribution in [2.24, 2.45) is 5.92 Å². The highest BCUT2D eigenvalue weighted by Gasteiger charge is 2.22. The molecule has 0 bridgehead atoms. The zero-order valence-electron chi connectivity index (χ0n) is 12.1. The van der Waals surface area contributed by atoms with E-state index in [0.717, 1.165) is 17.7 Å². The highest BCUT2D eigenvalue weighted by molar-refractivity contribution is 5.67. The number of rotatable bonds is 2. The number of hydrogen-bond donors (Lipinski definition) is 2. The average molecular weight is 279 g/mol. The van der Waals surface area contributed by atoms with Crippen molar-refractivity contribution in [3.8, 4) is 11.5 Å². The molecular formula is C15H21NO4. The van der Waals surface area contributed by atoms with E-state index in [2.05, 4.69) is 5.32 Å². The molecule has 0 spiro atoms. The Kier molecular flexibility index (Phi) is 4.06. The summed E-state index contributed by atoms with van der Waals surface area (Å²) in [4.78, 5) is 11.6. The van der Waals surface area contributed by atoms with Crippen LogP contribution in [0.2, 0.25) is 0 Å². The molecule has 1 atom stereocenters. The summed E-state index contributed by atoms with van der Waals surface area (Å²) >= 11 is 0. The number of nitrogens with one attached hydrogen (secondary N) is 1. The zero-order valence-corrected chi connectivity index (χ0v) is 12.1. The Bertz CT molecular complexity index is 493. The van der Waals surface area contributed by atoms with Crippen molar-refractivity contribution in [1.29, 1.82) is 0 Å². The minimum atomic E-state index is -0.495. The number of benzene rings is 1. The van der Waals surface area contributed by atoms with Gasteiger partial charge in [0.2, 0.25) is 0 Å². The number of carbonyl (C=O) groups excluding carboxylic acids is 1. The third-order valence-corrected chi connectivity index (χ3v) is 2.96. The van der Waals surface area contributed by atoms with Crippen molar-refractivity contribution in [1.82, 2.24) is 5.32 Å². The van der Waals surface area contributed by atoms with Gasteiger partial charge in [-0.3, -0.25) is 0 Å². The van der Waals surface area contributed by atoms with Gasteiger partial charge in [0.1, 0.15) is 17.1 Å². The van der Waals surface area contributed by atoms with Crippen LogP contribution < -0.4 is 10.1 Å². The van der Waals surface area contributed by atoms with Crippen LogP contribution in [0.4, 0.5) is 4.79 Å². The Labute approximate surface area is 118 Å². The number of carbonyl (C=O) groups is 1.